The van der Waals surface area contributed by atoms with Gasteiger partial charge in [-0.25, -0.2) is 4.39 Å². The fourth-order valence-corrected chi connectivity index (χ4v) is 1.56. The first kappa shape index (κ1) is 11.4. The van der Waals surface area contributed by atoms with Crippen LogP contribution in [-0.2, 0) is 0 Å². The van der Waals surface area contributed by atoms with E-state index in [9.17, 15) is 9.18 Å². The molecule has 0 radical (unpaired) electrons. The van der Waals surface area contributed by atoms with Gasteiger partial charge in [0.1, 0.15) is 6.07 Å². The van der Waals surface area contributed by atoms with E-state index in [-0.39, 0.29) is 17.0 Å². The van der Waals surface area contributed by atoms with Crippen LogP contribution in [-0.4, -0.2) is 11.7 Å². The van der Waals surface area contributed by atoms with Crippen LogP contribution in [0.5, 0.6) is 0 Å². The molecule has 72 valence electrons. The van der Waals surface area contributed by atoms with Gasteiger partial charge in [-0.1, -0.05) is 0 Å². The minimum absolute atomic E-state index is 0.0421. The number of alkyl halides is 1. The first-order valence-corrected chi connectivity index (χ1v) is 5.20. The highest BCUT2D eigenvalue weighted by Crippen LogP contribution is 2.19. The Kier molecular flexibility index (Phi) is 3.84. The second kappa shape index (κ2) is 4.71. The van der Waals surface area contributed by atoms with Crippen LogP contribution >= 0.6 is 34.2 Å². The molecule has 0 aliphatic heterocycles. The number of hydrogen-bond acceptors (Lipinski definition) is 2. The monoisotopic (exact) mass is 323 g/mol. The Balaban J connectivity index is 3.40. The molecule has 0 aliphatic rings. The summed E-state index contributed by atoms with van der Waals surface area (Å²) in [4.78, 5) is 11.2. The zero-order valence-electron chi connectivity index (χ0n) is 6.85. The maximum absolute atomic E-state index is 13.3. The summed E-state index contributed by atoms with van der Waals surface area (Å²) in [6.07, 6.45) is 0. The lowest BCUT2D eigenvalue weighted by Gasteiger charge is -2.02. The first-order chi connectivity index (χ1) is 6.61. The zero-order valence-corrected chi connectivity index (χ0v) is 9.76. The molecule has 0 unspecified atom stereocenters. The van der Waals surface area contributed by atoms with Crippen LogP contribution in [0.3, 0.4) is 0 Å². The normalized spacial score (nSPS) is 9.57. The third-order valence-corrected chi connectivity index (χ3v) is 2.70. The lowest BCUT2D eigenvalue weighted by atomic mass is 10.1. The van der Waals surface area contributed by atoms with Crippen LogP contribution in [0.1, 0.15) is 15.9 Å². The van der Waals surface area contributed by atoms with Crippen molar-refractivity contribution in [2.75, 3.05) is 5.88 Å². The summed E-state index contributed by atoms with van der Waals surface area (Å²) in [7, 11) is 0. The smallest absolute Gasteiger partial charge is 0.179 e. The van der Waals surface area contributed by atoms with Gasteiger partial charge in [0.25, 0.3) is 0 Å². The van der Waals surface area contributed by atoms with E-state index in [0.717, 1.165) is 0 Å². The molecule has 14 heavy (non-hydrogen) atoms. The van der Waals surface area contributed by atoms with Gasteiger partial charge in [0.15, 0.2) is 11.6 Å². The van der Waals surface area contributed by atoms with E-state index in [4.69, 9.17) is 16.9 Å². The van der Waals surface area contributed by atoms with Gasteiger partial charge in [0, 0.05) is 5.56 Å². The highest BCUT2D eigenvalue weighted by molar-refractivity contribution is 14.1. The number of nitrogens with zero attached hydrogens (tertiary/aromatic N) is 1. The van der Waals surface area contributed by atoms with Crippen LogP contribution in [0.4, 0.5) is 4.39 Å². The Labute approximate surface area is 98.8 Å². The topological polar surface area (TPSA) is 40.9 Å². The molecule has 2 nitrogen and oxygen atoms in total. The molecule has 0 spiro atoms. The summed E-state index contributed by atoms with van der Waals surface area (Å²) < 4.78 is 13.6. The van der Waals surface area contributed by atoms with Crippen molar-refractivity contribution in [2.24, 2.45) is 0 Å². The molecule has 0 N–H and O–H groups in total. The first-order valence-electron chi connectivity index (χ1n) is 3.59. The third-order valence-electron chi connectivity index (χ3n) is 1.63. The predicted molar refractivity (Wildman–Crippen MR) is 58.9 cm³/mol. The predicted octanol–water partition coefficient (Wildman–Crippen LogP) is 2.72. The van der Waals surface area contributed by atoms with Crippen LogP contribution in [0, 0.1) is 20.7 Å². The summed E-state index contributed by atoms with van der Waals surface area (Å²) >= 11 is 7.08. The van der Waals surface area contributed by atoms with Crippen LogP contribution < -0.4 is 0 Å². The Bertz CT molecular complexity index is 428. The van der Waals surface area contributed by atoms with Gasteiger partial charge in [0.05, 0.1) is 15.0 Å². The number of benzene rings is 1. The largest absolute Gasteiger partial charge is 0.293 e. The van der Waals surface area contributed by atoms with Gasteiger partial charge in [-0.2, -0.15) is 5.26 Å². The number of carbonyl (C=O) groups is 1. The number of ketones is 1. The number of halogens is 3. The van der Waals surface area contributed by atoms with Gasteiger partial charge >= 0.3 is 0 Å². The second-order valence-corrected chi connectivity index (χ2v) is 3.88. The summed E-state index contributed by atoms with van der Waals surface area (Å²) in [6.45, 7) is 0. The molecular weight excluding hydrogens is 319 g/mol. The van der Waals surface area contributed by atoms with E-state index in [0.29, 0.717) is 3.57 Å². The summed E-state index contributed by atoms with van der Waals surface area (Å²) in [6, 6.07) is 4.51. The maximum Gasteiger partial charge on any atom is 0.179 e. The fourth-order valence-electron chi connectivity index (χ4n) is 0.964. The molecule has 1 aromatic carbocycles. The molecule has 0 atom stereocenters. The van der Waals surface area contributed by atoms with Crippen molar-refractivity contribution < 1.29 is 9.18 Å². The number of nitriles is 1. The SMILES string of the molecule is N#Cc1c(C(=O)CCl)ccc(I)c1F. The second-order valence-electron chi connectivity index (χ2n) is 2.45. The van der Waals surface area contributed by atoms with E-state index in [1.165, 1.54) is 12.1 Å². The van der Waals surface area contributed by atoms with Gasteiger partial charge in [-0.15, -0.1) is 11.6 Å². The van der Waals surface area contributed by atoms with Crippen LogP contribution in [0.15, 0.2) is 12.1 Å². The summed E-state index contributed by atoms with van der Waals surface area (Å²) in [5, 5.41) is 8.68. The van der Waals surface area contributed by atoms with E-state index < -0.39 is 11.6 Å². The lowest BCUT2D eigenvalue weighted by molar-refractivity contribution is 0.102. The third kappa shape index (κ3) is 2.04. The van der Waals surface area contributed by atoms with E-state index >= 15 is 0 Å². The van der Waals surface area contributed by atoms with Crippen molar-refractivity contribution in [3.8, 4) is 6.07 Å². The van der Waals surface area contributed by atoms with Crippen molar-refractivity contribution in [1.82, 2.24) is 0 Å². The zero-order chi connectivity index (χ0) is 10.7. The van der Waals surface area contributed by atoms with Gasteiger partial charge in [-0.3, -0.25) is 4.79 Å². The fraction of sp³-hybridized carbons (Fsp3) is 0.111. The minimum atomic E-state index is -0.663. The molecule has 0 bridgehead atoms. The average Bonchev–Trinajstić information content (AvgIpc) is 2.20. The summed E-state index contributed by atoms with van der Waals surface area (Å²) in [5.41, 5.74) is -0.192. The highest BCUT2D eigenvalue weighted by atomic mass is 127. The standard InChI is InChI=1S/C9H4ClFINO/c10-3-8(14)5-1-2-7(12)9(11)6(5)4-13/h1-2H,3H2. The van der Waals surface area contributed by atoms with Crippen molar-refractivity contribution in [3.63, 3.8) is 0 Å². The average molecular weight is 323 g/mol. The van der Waals surface area contributed by atoms with Crippen LogP contribution in [0.2, 0.25) is 0 Å². The molecule has 1 aromatic rings. The van der Waals surface area contributed by atoms with Gasteiger partial charge in [0.2, 0.25) is 0 Å². The van der Waals surface area contributed by atoms with E-state index in [1.54, 1.807) is 28.7 Å². The highest BCUT2D eigenvalue weighted by Gasteiger charge is 2.16. The molecule has 0 fully saturated rings. The van der Waals surface area contributed by atoms with Crippen LogP contribution in [0.25, 0.3) is 0 Å². The van der Waals surface area contributed by atoms with E-state index in [1.807, 2.05) is 0 Å². The Morgan fingerprint density at radius 1 is 1.64 bits per heavy atom. The molecule has 0 aliphatic carbocycles. The Hall–Kier alpha value is -0.670. The maximum atomic E-state index is 13.3. The molecule has 0 amide bonds. The molecular formula is C9H4ClFINO. The van der Waals surface area contributed by atoms with Gasteiger partial charge < -0.3 is 0 Å². The van der Waals surface area contributed by atoms with Crippen molar-refractivity contribution in [2.45, 2.75) is 0 Å². The summed E-state index contributed by atoms with van der Waals surface area (Å²) in [5.74, 6) is -1.36. The quantitative estimate of drug-likeness (QED) is 0.477. The Morgan fingerprint density at radius 3 is 2.79 bits per heavy atom. The molecule has 5 heteroatoms. The lowest BCUT2D eigenvalue weighted by Crippen LogP contribution is -2.06. The molecule has 0 saturated heterocycles. The molecule has 0 saturated carbocycles. The number of carbonyl (C=O) groups excluding carboxylic acids is 1. The number of hydrogen-bond donors (Lipinski definition) is 0. The minimum Gasteiger partial charge on any atom is -0.293 e. The number of rotatable bonds is 2. The molecule has 0 aromatic heterocycles. The molecule has 1 rings (SSSR count). The van der Waals surface area contributed by atoms with E-state index in [2.05, 4.69) is 0 Å². The van der Waals surface area contributed by atoms with Crippen molar-refractivity contribution in [1.29, 1.82) is 5.26 Å². The molecule has 0 heterocycles. The van der Waals surface area contributed by atoms with Crippen molar-refractivity contribution >= 4 is 40.0 Å². The van der Waals surface area contributed by atoms with Gasteiger partial charge in [-0.05, 0) is 34.7 Å². The van der Waals surface area contributed by atoms with Crippen molar-refractivity contribution in [3.05, 3.63) is 32.6 Å². The Morgan fingerprint density at radius 2 is 2.29 bits per heavy atom. The number of Topliss-reactive ketones (excluding diaryl/α,β-unsaturated/α-hetero) is 1.